The second-order valence-electron chi connectivity index (χ2n) is 6.61. The lowest BCUT2D eigenvalue weighted by molar-refractivity contribution is -0.127. The highest BCUT2D eigenvalue weighted by atomic mass is 16.5. The van der Waals surface area contributed by atoms with Crippen molar-refractivity contribution in [2.75, 3.05) is 45.1 Å². The number of rotatable bonds is 9. The first-order chi connectivity index (χ1) is 13.0. The van der Waals surface area contributed by atoms with Gasteiger partial charge in [0.15, 0.2) is 0 Å². The van der Waals surface area contributed by atoms with Gasteiger partial charge in [0.2, 0.25) is 11.8 Å². The molecule has 1 fully saturated rings. The first kappa shape index (κ1) is 21.0. The summed E-state index contributed by atoms with van der Waals surface area (Å²) in [7, 11) is 3.13. The summed E-state index contributed by atoms with van der Waals surface area (Å²) in [5, 5.41) is 5.86. The molecule has 0 radical (unpaired) electrons. The van der Waals surface area contributed by atoms with E-state index in [1.165, 1.54) is 0 Å². The third-order valence-corrected chi connectivity index (χ3v) is 4.63. The predicted octanol–water partition coefficient (Wildman–Crippen LogP) is 1.55. The monoisotopic (exact) mass is 379 g/mol. The van der Waals surface area contributed by atoms with Crippen molar-refractivity contribution in [3.63, 3.8) is 0 Å². The second kappa shape index (κ2) is 10.7. The molecule has 0 unspecified atom stereocenters. The number of hydrogen-bond acceptors (Lipinski definition) is 6. The minimum Gasteiger partial charge on any atom is -0.495 e. The summed E-state index contributed by atoms with van der Waals surface area (Å²) in [6.45, 7) is 0.892. The summed E-state index contributed by atoms with van der Waals surface area (Å²) in [5.74, 6) is 0.356. The molecule has 0 bridgehead atoms. The summed E-state index contributed by atoms with van der Waals surface area (Å²) in [4.78, 5) is 24.3. The Hall–Kier alpha value is -2.32. The zero-order valence-corrected chi connectivity index (χ0v) is 16.0. The topological polar surface area (TPSA) is 112 Å². The number of methoxy groups -OCH3 is 2. The van der Waals surface area contributed by atoms with Gasteiger partial charge >= 0.3 is 0 Å². The van der Waals surface area contributed by atoms with Gasteiger partial charge in [-0.3, -0.25) is 9.59 Å². The number of anilines is 2. The average molecular weight is 379 g/mol. The Bertz CT molecular complexity index is 630. The Balaban J connectivity index is 1.72. The van der Waals surface area contributed by atoms with E-state index in [0.29, 0.717) is 30.3 Å². The van der Waals surface area contributed by atoms with Gasteiger partial charge in [0.05, 0.1) is 26.0 Å². The van der Waals surface area contributed by atoms with Crippen molar-refractivity contribution in [1.82, 2.24) is 5.32 Å². The van der Waals surface area contributed by atoms with Crippen molar-refractivity contribution in [2.24, 2.45) is 5.92 Å². The van der Waals surface area contributed by atoms with Crippen LogP contribution in [0.15, 0.2) is 18.2 Å². The molecular weight excluding hydrogens is 350 g/mol. The van der Waals surface area contributed by atoms with E-state index < -0.39 is 0 Å². The normalized spacial score (nSPS) is 19.3. The van der Waals surface area contributed by atoms with Crippen molar-refractivity contribution >= 4 is 23.2 Å². The molecule has 0 aliphatic heterocycles. The summed E-state index contributed by atoms with van der Waals surface area (Å²) < 4.78 is 15.2. The Kier molecular flexibility index (Phi) is 8.35. The number of nitrogen functional groups attached to an aromatic ring is 1. The quantitative estimate of drug-likeness (QED) is 0.443. The molecule has 8 nitrogen and oxygen atoms in total. The average Bonchev–Trinajstić information content (AvgIpc) is 2.66. The van der Waals surface area contributed by atoms with E-state index in [4.69, 9.17) is 19.9 Å². The van der Waals surface area contributed by atoms with Gasteiger partial charge in [0.1, 0.15) is 12.4 Å². The van der Waals surface area contributed by atoms with E-state index in [0.717, 1.165) is 25.7 Å². The van der Waals surface area contributed by atoms with Gasteiger partial charge < -0.3 is 30.6 Å². The van der Waals surface area contributed by atoms with Gasteiger partial charge in [-0.1, -0.05) is 0 Å². The van der Waals surface area contributed by atoms with Crippen LogP contribution in [-0.4, -0.2) is 51.9 Å². The van der Waals surface area contributed by atoms with Crippen LogP contribution in [0, 0.1) is 5.92 Å². The van der Waals surface area contributed by atoms with Gasteiger partial charge in [-0.25, -0.2) is 0 Å². The number of hydrogen-bond donors (Lipinski definition) is 3. The Morgan fingerprint density at radius 2 is 1.89 bits per heavy atom. The maximum atomic E-state index is 12.5. The largest absolute Gasteiger partial charge is 0.495 e. The third-order valence-electron chi connectivity index (χ3n) is 4.63. The molecule has 8 heteroatoms. The molecule has 1 aromatic carbocycles. The van der Waals surface area contributed by atoms with Crippen LogP contribution >= 0.6 is 0 Å². The maximum absolute atomic E-state index is 12.5. The van der Waals surface area contributed by atoms with Crippen LogP contribution in [0.2, 0.25) is 0 Å². The molecule has 0 aromatic heterocycles. The lowest BCUT2D eigenvalue weighted by Gasteiger charge is -2.28. The van der Waals surface area contributed by atoms with Gasteiger partial charge in [0.25, 0.3) is 0 Å². The van der Waals surface area contributed by atoms with Crippen LogP contribution in [0.5, 0.6) is 5.75 Å². The van der Waals surface area contributed by atoms with Crippen LogP contribution in [0.4, 0.5) is 11.4 Å². The van der Waals surface area contributed by atoms with Gasteiger partial charge in [0, 0.05) is 24.8 Å². The smallest absolute Gasteiger partial charge is 0.246 e. The maximum Gasteiger partial charge on any atom is 0.246 e. The molecule has 27 heavy (non-hydrogen) atoms. The number of carbonyl (C=O) groups is 2. The van der Waals surface area contributed by atoms with E-state index >= 15 is 0 Å². The lowest BCUT2D eigenvalue weighted by atomic mass is 9.85. The minimum atomic E-state index is -0.132. The highest BCUT2D eigenvalue weighted by molar-refractivity contribution is 5.93. The number of ether oxygens (including phenoxy) is 3. The van der Waals surface area contributed by atoms with Crippen LogP contribution in [0.1, 0.15) is 25.7 Å². The molecule has 2 amide bonds. The fraction of sp³-hybridized carbons (Fsp3) is 0.579. The molecule has 0 spiro atoms. The van der Waals surface area contributed by atoms with Crippen LogP contribution in [-0.2, 0) is 19.1 Å². The molecule has 0 atom stereocenters. The van der Waals surface area contributed by atoms with E-state index in [9.17, 15) is 9.59 Å². The molecule has 1 aromatic rings. The zero-order valence-electron chi connectivity index (χ0n) is 16.0. The highest BCUT2D eigenvalue weighted by Gasteiger charge is 2.27. The van der Waals surface area contributed by atoms with Crippen LogP contribution < -0.4 is 21.1 Å². The number of amides is 2. The molecule has 1 aliphatic carbocycles. The van der Waals surface area contributed by atoms with Crippen LogP contribution in [0.3, 0.4) is 0 Å². The summed E-state index contributed by atoms with van der Waals surface area (Å²) in [5.41, 5.74) is 7.00. The summed E-state index contributed by atoms with van der Waals surface area (Å²) >= 11 is 0. The van der Waals surface area contributed by atoms with Gasteiger partial charge in [-0.05, 0) is 43.9 Å². The fourth-order valence-corrected chi connectivity index (χ4v) is 3.13. The number of nitrogens with two attached hydrogens (primary N) is 1. The summed E-state index contributed by atoms with van der Waals surface area (Å²) in [6, 6.07) is 5.27. The first-order valence-corrected chi connectivity index (χ1v) is 9.14. The van der Waals surface area contributed by atoms with E-state index in [1.807, 2.05) is 0 Å². The Labute approximate surface area is 159 Å². The lowest BCUT2D eigenvalue weighted by Crippen LogP contribution is -2.41. The van der Waals surface area contributed by atoms with Gasteiger partial charge in [-0.2, -0.15) is 0 Å². The van der Waals surface area contributed by atoms with Crippen molar-refractivity contribution in [1.29, 1.82) is 0 Å². The highest BCUT2D eigenvalue weighted by Crippen LogP contribution is 2.28. The first-order valence-electron chi connectivity index (χ1n) is 9.14. The number of nitrogens with one attached hydrogen (secondary N) is 2. The molecule has 1 saturated carbocycles. The Morgan fingerprint density at radius 3 is 2.52 bits per heavy atom. The molecule has 2 rings (SSSR count). The molecule has 1 aliphatic rings. The SMILES string of the molecule is COCCOCC(=O)NC1CCC(C(=O)Nc2ccc(OC)c(N)c2)CC1. The summed E-state index contributed by atoms with van der Waals surface area (Å²) in [6.07, 6.45) is 3.00. The second-order valence-corrected chi connectivity index (χ2v) is 6.61. The molecule has 0 heterocycles. The Morgan fingerprint density at radius 1 is 1.15 bits per heavy atom. The fourth-order valence-electron chi connectivity index (χ4n) is 3.13. The standard InChI is InChI=1S/C19H29N3O5/c1-25-9-10-27-12-18(23)21-14-5-3-13(4-6-14)19(24)22-15-7-8-17(26-2)16(20)11-15/h7-8,11,13-14H,3-6,9-10,12,20H2,1-2H3,(H,21,23)(H,22,24). The number of carbonyl (C=O) groups excluding carboxylic acids is 2. The van der Waals surface area contributed by atoms with Crippen molar-refractivity contribution in [3.05, 3.63) is 18.2 Å². The molecule has 4 N–H and O–H groups in total. The van der Waals surface area contributed by atoms with Crippen LogP contribution in [0.25, 0.3) is 0 Å². The zero-order chi connectivity index (χ0) is 19.6. The van der Waals surface area contributed by atoms with Crippen molar-refractivity contribution in [3.8, 4) is 5.75 Å². The predicted molar refractivity (Wildman–Crippen MR) is 103 cm³/mol. The van der Waals surface area contributed by atoms with E-state index in [2.05, 4.69) is 10.6 Å². The minimum absolute atomic E-state index is 0.0211. The molecular formula is C19H29N3O5. The van der Waals surface area contributed by atoms with Crippen molar-refractivity contribution < 1.29 is 23.8 Å². The third kappa shape index (κ3) is 6.73. The van der Waals surface area contributed by atoms with E-state index in [1.54, 1.807) is 32.4 Å². The number of benzene rings is 1. The molecule has 0 saturated heterocycles. The van der Waals surface area contributed by atoms with Gasteiger partial charge in [-0.15, -0.1) is 0 Å². The molecule has 150 valence electrons. The van der Waals surface area contributed by atoms with Crippen molar-refractivity contribution in [2.45, 2.75) is 31.7 Å². The van der Waals surface area contributed by atoms with E-state index in [-0.39, 0.29) is 30.4 Å².